The highest BCUT2D eigenvalue weighted by Crippen LogP contribution is 2.32. The minimum atomic E-state index is -4.29. The second-order valence-electron chi connectivity index (χ2n) is 11.8. The second-order valence-corrected chi connectivity index (χ2v) is 14.1. The number of halogens is 2. The Bertz CT molecular complexity index is 1790. The van der Waals surface area contributed by atoms with Crippen LogP contribution in [0.15, 0.2) is 108 Å². The molecule has 48 heavy (non-hydrogen) atoms. The van der Waals surface area contributed by atoms with Crippen LogP contribution in [0.1, 0.15) is 43.2 Å². The number of hydrogen-bond donors (Lipinski definition) is 1. The zero-order chi connectivity index (χ0) is 34.1. The normalized spacial score (nSPS) is 14.1. The van der Waals surface area contributed by atoms with Crippen LogP contribution < -0.4 is 14.4 Å². The van der Waals surface area contributed by atoms with Gasteiger partial charge in [0.15, 0.2) is 0 Å². The fourth-order valence-electron chi connectivity index (χ4n) is 5.94. The highest BCUT2D eigenvalue weighted by atomic mass is 35.5. The third-order valence-corrected chi connectivity index (χ3v) is 10.6. The highest BCUT2D eigenvalue weighted by Gasteiger charge is 2.35. The first-order valence-electron chi connectivity index (χ1n) is 16.0. The van der Waals surface area contributed by atoms with Crippen LogP contribution in [0.25, 0.3) is 0 Å². The average Bonchev–Trinajstić information content (AvgIpc) is 3.10. The molecular weight excluding hydrogens is 653 g/mol. The van der Waals surface area contributed by atoms with E-state index in [0.717, 1.165) is 42.0 Å². The first-order valence-corrected chi connectivity index (χ1v) is 17.8. The molecule has 1 N–H and O–H groups in total. The molecule has 4 aromatic rings. The van der Waals surface area contributed by atoms with Crippen molar-refractivity contribution in [3.63, 3.8) is 0 Å². The summed E-state index contributed by atoms with van der Waals surface area (Å²) in [5, 5.41) is 3.33. The van der Waals surface area contributed by atoms with Gasteiger partial charge in [-0.2, -0.15) is 0 Å². The van der Waals surface area contributed by atoms with Crippen molar-refractivity contribution in [1.82, 2.24) is 10.2 Å². The molecule has 4 aromatic carbocycles. The van der Waals surface area contributed by atoms with Crippen LogP contribution in [-0.2, 0) is 32.6 Å². The highest BCUT2D eigenvalue weighted by molar-refractivity contribution is 7.92. The Morgan fingerprint density at radius 1 is 0.896 bits per heavy atom. The smallest absolute Gasteiger partial charge is 0.264 e. The van der Waals surface area contributed by atoms with E-state index in [1.807, 2.05) is 30.3 Å². The van der Waals surface area contributed by atoms with E-state index in [9.17, 15) is 22.4 Å². The third-order valence-electron chi connectivity index (χ3n) is 8.52. The van der Waals surface area contributed by atoms with Gasteiger partial charge in [0.05, 0.1) is 22.7 Å². The number of nitrogens with one attached hydrogen (secondary N) is 1. The SMILES string of the molecule is COc1ccc(N(CC(=O)N(Cc2ccc(F)cc2)[C@@H](Cc2ccccc2)C(=O)NC2CCCCC2)S(=O)(=O)c2ccccc2)cc1Cl. The second kappa shape index (κ2) is 16.1. The Balaban J connectivity index is 1.57. The standard InChI is InChI=1S/C37H39ClFN3O5S/c1-47-35-22-21-31(24-33(35)38)42(48(45,46)32-15-9-4-10-16-32)26-36(43)41(25-28-17-19-29(39)20-18-28)34(23-27-11-5-2-6-12-27)37(44)40-30-13-7-3-8-14-30/h2,4-6,9-12,15-22,24,30,34H,3,7-8,13-14,23,25-26H2,1H3,(H,40,44)/t34-/m0/s1. The van der Waals surface area contributed by atoms with E-state index in [0.29, 0.717) is 11.3 Å². The van der Waals surface area contributed by atoms with Crippen molar-refractivity contribution in [3.05, 3.63) is 125 Å². The summed E-state index contributed by atoms with van der Waals surface area (Å²) in [6, 6.07) is 26.3. The molecule has 1 saturated carbocycles. The molecule has 0 saturated heterocycles. The summed E-state index contributed by atoms with van der Waals surface area (Å²) in [6.45, 7) is -0.694. The summed E-state index contributed by atoms with van der Waals surface area (Å²) in [4.78, 5) is 30.2. The lowest BCUT2D eigenvalue weighted by atomic mass is 9.94. The Hall–Kier alpha value is -4.41. The van der Waals surface area contributed by atoms with Gasteiger partial charge in [0.25, 0.3) is 10.0 Å². The molecule has 8 nitrogen and oxygen atoms in total. The zero-order valence-corrected chi connectivity index (χ0v) is 28.3. The molecule has 5 rings (SSSR count). The Labute approximate surface area is 286 Å². The van der Waals surface area contributed by atoms with Crippen molar-refractivity contribution in [3.8, 4) is 5.75 Å². The number of amides is 2. The fraction of sp³-hybridized carbons (Fsp3) is 0.297. The van der Waals surface area contributed by atoms with Gasteiger partial charge in [-0.3, -0.25) is 13.9 Å². The molecule has 0 aliphatic heterocycles. The van der Waals surface area contributed by atoms with Gasteiger partial charge < -0.3 is 15.0 Å². The zero-order valence-electron chi connectivity index (χ0n) is 26.7. The van der Waals surface area contributed by atoms with Crippen LogP contribution in [0.5, 0.6) is 5.75 Å². The molecule has 1 fully saturated rings. The summed E-state index contributed by atoms with van der Waals surface area (Å²) >= 11 is 6.44. The third kappa shape index (κ3) is 8.73. The van der Waals surface area contributed by atoms with Crippen molar-refractivity contribution >= 4 is 39.1 Å². The number of carbonyl (C=O) groups is 2. The molecule has 0 heterocycles. The summed E-state index contributed by atoms with van der Waals surface area (Å²) in [6.07, 6.45) is 4.99. The number of nitrogens with zero attached hydrogens (tertiary/aromatic N) is 2. The Morgan fingerprint density at radius 2 is 1.54 bits per heavy atom. The number of anilines is 1. The first kappa shape index (κ1) is 34.9. The Kier molecular flexibility index (Phi) is 11.7. The number of rotatable bonds is 13. The molecular formula is C37H39ClFN3O5S. The summed E-state index contributed by atoms with van der Waals surface area (Å²) in [5.41, 5.74) is 1.55. The molecule has 0 unspecified atom stereocenters. The molecule has 0 aromatic heterocycles. The number of benzene rings is 4. The summed E-state index contributed by atoms with van der Waals surface area (Å²) < 4.78 is 48.5. The van der Waals surface area contributed by atoms with Crippen LogP contribution in [0.3, 0.4) is 0 Å². The summed E-state index contributed by atoms with van der Waals surface area (Å²) in [5.74, 6) is -1.05. The molecule has 0 bridgehead atoms. The molecule has 252 valence electrons. The van der Waals surface area contributed by atoms with E-state index in [1.165, 1.54) is 54.5 Å². The Morgan fingerprint density at radius 3 is 2.17 bits per heavy atom. The monoisotopic (exact) mass is 691 g/mol. The van der Waals surface area contributed by atoms with Crippen LogP contribution in [0, 0.1) is 5.82 Å². The number of carbonyl (C=O) groups excluding carboxylic acids is 2. The number of methoxy groups -OCH3 is 1. The lowest BCUT2D eigenvalue weighted by molar-refractivity contribution is -0.140. The maximum Gasteiger partial charge on any atom is 0.264 e. The maximum atomic E-state index is 14.6. The van der Waals surface area contributed by atoms with Crippen molar-refractivity contribution < 1.29 is 27.1 Å². The molecule has 1 aliphatic carbocycles. The lowest BCUT2D eigenvalue weighted by Gasteiger charge is -2.35. The van der Waals surface area contributed by atoms with Crippen molar-refractivity contribution in [2.45, 2.75) is 62.0 Å². The predicted molar refractivity (Wildman–Crippen MR) is 185 cm³/mol. The fourth-order valence-corrected chi connectivity index (χ4v) is 7.62. The van der Waals surface area contributed by atoms with Gasteiger partial charge in [-0.05, 0) is 66.4 Å². The van der Waals surface area contributed by atoms with E-state index in [-0.39, 0.29) is 40.5 Å². The van der Waals surface area contributed by atoms with Gasteiger partial charge in [0.2, 0.25) is 11.8 Å². The van der Waals surface area contributed by atoms with Crippen LogP contribution >= 0.6 is 11.6 Å². The molecule has 11 heteroatoms. The molecule has 1 atom stereocenters. The van der Waals surface area contributed by atoms with Crippen LogP contribution in [-0.4, -0.2) is 50.9 Å². The van der Waals surface area contributed by atoms with E-state index >= 15 is 0 Å². The van der Waals surface area contributed by atoms with E-state index in [2.05, 4.69) is 5.32 Å². The predicted octanol–water partition coefficient (Wildman–Crippen LogP) is 6.77. The topological polar surface area (TPSA) is 96.0 Å². The number of ether oxygens (including phenoxy) is 1. The minimum absolute atomic E-state index is 0.0225. The van der Waals surface area contributed by atoms with Crippen LogP contribution in [0.2, 0.25) is 5.02 Å². The van der Waals surface area contributed by atoms with Crippen molar-refractivity contribution in [1.29, 1.82) is 0 Å². The van der Waals surface area contributed by atoms with E-state index in [4.69, 9.17) is 16.3 Å². The van der Waals surface area contributed by atoms with Gasteiger partial charge in [-0.15, -0.1) is 0 Å². The minimum Gasteiger partial charge on any atom is -0.495 e. The number of hydrogen-bond acceptors (Lipinski definition) is 5. The molecule has 1 aliphatic rings. The van der Waals surface area contributed by atoms with Gasteiger partial charge in [-0.25, -0.2) is 12.8 Å². The average molecular weight is 692 g/mol. The van der Waals surface area contributed by atoms with Gasteiger partial charge in [0, 0.05) is 19.0 Å². The molecule has 2 amide bonds. The van der Waals surface area contributed by atoms with Gasteiger partial charge >= 0.3 is 0 Å². The largest absolute Gasteiger partial charge is 0.495 e. The molecule has 0 spiro atoms. The van der Waals surface area contributed by atoms with Gasteiger partial charge in [-0.1, -0.05) is 91.5 Å². The quantitative estimate of drug-likeness (QED) is 0.167. The summed E-state index contributed by atoms with van der Waals surface area (Å²) in [7, 11) is -2.84. The van der Waals surface area contributed by atoms with Crippen molar-refractivity contribution in [2.24, 2.45) is 0 Å². The first-order chi connectivity index (χ1) is 23.2. The maximum absolute atomic E-state index is 14.6. The van der Waals surface area contributed by atoms with E-state index < -0.39 is 34.3 Å². The van der Waals surface area contributed by atoms with Gasteiger partial charge in [0.1, 0.15) is 24.2 Å². The van der Waals surface area contributed by atoms with Crippen LogP contribution in [0.4, 0.5) is 10.1 Å². The lowest BCUT2D eigenvalue weighted by Crippen LogP contribution is -2.55. The number of sulfonamides is 1. The van der Waals surface area contributed by atoms with Crippen molar-refractivity contribution in [2.75, 3.05) is 18.0 Å². The van der Waals surface area contributed by atoms with E-state index in [1.54, 1.807) is 30.3 Å². The molecule has 0 radical (unpaired) electrons.